The van der Waals surface area contributed by atoms with Crippen LogP contribution in [0, 0.1) is 13.8 Å². The van der Waals surface area contributed by atoms with Gasteiger partial charge in [-0.05, 0) is 44.9 Å². The molecule has 0 fully saturated rings. The maximum absolute atomic E-state index is 11.9. The van der Waals surface area contributed by atoms with E-state index in [-0.39, 0.29) is 11.9 Å². The van der Waals surface area contributed by atoms with Gasteiger partial charge >= 0.3 is 0 Å². The van der Waals surface area contributed by atoms with Crippen molar-refractivity contribution in [2.45, 2.75) is 59.5 Å². The summed E-state index contributed by atoms with van der Waals surface area (Å²) in [7, 11) is 0. The Morgan fingerprint density at radius 2 is 1.90 bits per heavy atom. The molecule has 0 aliphatic heterocycles. The summed E-state index contributed by atoms with van der Waals surface area (Å²) in [6.07, 6.45) is 1.46. The van der Waals surface area contributed by atoms with E-state index in [4.69, 9.17) is 0 Å². The normalized spacial score (nSPS) is 12.5. The van der Waals surface area contributed by atoms with Gasteiger partial charge in [0, 0.05) is 12.5 Å². The Morgan fingerprint density at radius 1 is 1.20 bits per heavy atom. The molecule has 0 spiro atoms. The van der Waals surface area contributed by atoms with Crippen LogP contribution >= 0.6 is 0 Å². The van der Waals surface area contributed by atoms with Gasteiger partial charge in [-0.3, -0.25) is 4.79 Å². The van der Waals surface area contributed by atoms with Crippen molar-refractivity contribution in [3.63, 3.8) is 0 Å². The molecule has 1 unspecified atom stereocenters. The fourth-order valence-corrected chi connectivity index (χ4v) is 2.34. The van der Waals surface area contributed by atoms with E-state index in [0.717, 1.165) is 13.0 Å². The number of hydrogen-bond acceptors (Lipinski definition) is 2. The fourth-order valence-electron chi connectivity index (χ4n) is 2.34. The number of rotatable bonds is 7. The number of carbonyl (C=O) groups excluding carboxylic acids is 1. The van der Waals surface area contributed by atoms with Crippen LogP contribution in [0.2, 0.25) is 0 Å². The van der Waals surface area contributed by atoms with Gasteiger partial charge in [-0.2, -0.15) is 0 Å². The van der Waals surface area contributed by atoms with Gasteiger partial charge in [0.2, 0.25) is 5.91 Å². The van der Waals surface area contributed by atoms with Crippen LogP contribution in [0.1, 0.15) is 56.3 Å². The van der Waals surface area contributed by atoms with Crippen LogP contribution in [0.3, 0.4) is 0 Å². The number of benzene rings is 1. The van der Waals surface area contributed by atoms with E-state index < -0.39 is 0 Å². The van der Waals surface area contributed by atoms with Crippen LogP contribution in [-0.2, 0) is 4.79 Å². The zero-order valence-corrected chi connectivity index (χ0v) is 13.4. The first kappa shape index (κ1) is 16.7. The van der Waals surface area contributed by atoms with Crippen LogP contribution in [0.4, 0.5) is 0 Å². The molecule has 1 rings (SSSR count). The Balaban J connectivity index is 2.41. The number of hydrogen-bond donors (Lipinski definition) is 2. The summed E-state index contributed by atoms with van der Waals surface area (Å²) in [5, 5.41) is 6.40. The second kappa shape index (κ2) is 8.05. The SMILES string of the molecule is Cc1ccc(C(C)NC(=O)CCCNC(C)C)c(C)c1. The molecule has 2 N–H and O–H groups in total. The van der Waals surface area contributed by atoms with Crippen molar-refractivity contribution >= 4 is 5.91 Å². The highest BCUT2D eigenvalue weighted by atomic mass is 16.1. The Hall–Kier alpha value is -1.35. The highest BCUT2D eigenvalue weighted by Gasteiger charge is 2.11. The molecule has 0 saturated carbocycles. The molecule has 0 saturated heterocycles. The summed E-state index contributed by atoms with van der Waals surface area (Å²) >= 11 is 0. The molecule has 1 aromatic carbocycles. The number of carbonyl (C=O) groups is 1. The molecule has 1 amide bonds. The topological polar surface area (TPSA) is 41.1 Å². The molecule has 20 heavy (non-hydrogen) atoms. The summed E-state index contributed by atoms with van der Waals surface area (Å²) in [4.78, 5) is 11.9. The lowest BCUT2D eigenvalue weighted by Gasteiger charge is -2.17. The molecule has 1 aromatic rings. The first-order valence-corrected chi connectivity index (χ1v) is 7.50. The molecule has 3 nitrogen and oxygen atoms in total. The smallest absolute Gasteiger partial charge is 0.220 e. The molecule has 0 aliphatic carbocycles. The van der Waals surface area contributed by atoms with E-state index in [9.17, 15) is 4.79 Å². The van der Waals surface area contributed by atoms with Crippen LogP contribution in [0.25, 0.3) is 0 Å². The van der Waals surface area contributed by atoms with Gasteiger partial charge < -0.3 is 10.6 Å². The van der Waals surface area contributed by atoms with E-state index >= 15 is 0 Å². The van der Waals surface area contributed by atoms with Gasteiger partial charge in [0.25, 0.3) is 0 Å². The van der Waals surface area contributed by atoms with Crippen LogP contribution < -0.4 is 10.6 Å². The Kier molecular flexibility index (Phi) is 6.73. The molecule has 0 heterocycles. The lowest BCUT2D eigenvalue weighted by molar-refractivity contribution is -0.121. The first-order valence-electron chi connectivity index (χ1n) is 7.50. The van der Waals surface area contributed by atoms with Crippen molar-refractivity contribution in [1.82, 2.24) is 10.6 Å². The summed E-state index contributed by atoms with van der Waals surface area (Å²) in [6.45, 7) is 11.3. The maximum Gasteiger partial charge on any atom is 0.220 e. The minimum Gasteiger partial charge on any atom is -0.350 e. The summed E-state index contributed by atoms with van der Waals surface area (Å²) in [6, 6.07) is 6.91. The van der Waals surface area contributed by atoms with Crippen molar-refractivity contribution in [2.24, 2.45) is 0 Å². The average Bonchev–Trinajstić information content (AvgIpc) is 2.34. The summed E-state index contributed by atoms with van der Waals surface area (Å²) < 4.78 is 0. The van der Waals surface area contributed by atoms with Gasteiger partial charge in [0.1, 0.15) is 0 Å². The Labute approximate surface area is 123 Å². The third-order valence-corrected chi connectivity index (χ3v) is 3.40. The van der Waals surface area contributed by atoms with Gasteiger partial charge in [-0.1, -0.05) is 37.6 Å². The van der Waals surface area contributed by atoms with E-state index in [0.29, 0.717) is 12.5 Å². The van der Waals surface area contributed by atoms with Crippen LogP contribution in [0.5, 0.6) is 0 Å². The number of amides is 1. The lowest BCUT2D eigenvalue weighted by atomic mass is 10.00. The molecule has 3 heteroatoms. The van der Waals surface area contributed by atoms with Crippen molar-refractivity contribution in [3.8, 4) is 0 Å². The van der Waals surface area contributed by atoms with E-state index in [1.54, 1.807) is 0 Å². The number of nitrogens with one attached hydrogen (secondary N) is 2. The van der Waals surface area contributed by atoms with E-state index in [1.165, 1.54) is 16.7 Å². The van der Waals surface area contributed by atoms with Crippen molar-refractivity contribution in [3.05, 3.63) is 34.9 Å². The van der Waals surface area contributed by atoms with Gasteiger partial charge in [0.15, 0.2) is 0 Å². The third-order valence-electron chi connectivity index (χ3n) is 3.40. The summed E-state index contributed by atoms with van der Waals surface area (Å²) in [5.74, 6) is 0.128. The van der Waals surface area contributed by atoms with E-state index in [2.05, 4.69) is 56.5 Å². The molecule has 0 bridgehead atoms. The molecule has 0 aromatic heterocycles. The minimum atomic E-state index is 0.0705. The zero-order valence-electron chi connectivity index (χ0n) is 13.4. The van der Waals surface area contributed by atoms with Crippen LogP contribution in [0.15, 0.2) is 18.2 Å². The maximum atomic E-state index is 11.9. The lowest BCUT2D eigenvalue weighted by Crippen LogP contribution is -2.29. The van der Waals surface area contributed by atoms with Gasteiger partial charge in [0.05, 0.1) is 6.04 Å². The highest BCUT2D eigenvalue weighted by molar-refractivity contribution is 5.76. The van der Waals surface area contributed by atoms with Crippen molar-refractivity contribution in [1.29, 1.82) is 0 Å². The summed E-state index contributed by atoms with van der Waals surface area (Å²) in [5.41, 5.74) is 3.69. The largest absolute Gasteiger partial charge is 0.350 e. The second-order valence-corrected chi connectivity index (χ2v) is 5.86. The minimum absolute atomic E-state index is 0.0705. The molecule has 112 valence electrons. The molecular weight excluding hydrogens is 248 g/mol. The Bertz CT molecular complexity index is 441. The number of aryl methyl sites for hydroxylation is 2. The van der Waals surface area contributed by atoms with Gasteiger partial charge in [-0.25, -0.2) is 0 Å². The van der Waals surface area contributed by atoms with Crippen LogP contribution in [-0.4, -0.2) is 18.5 Å². The zero-order chi connectivity index (χ0) is 15.1. The molecular formula is C17H28N2O. The van der Waals surface area contributed by atoms with Crippen molar-refractivity contribution < 1.29 is 4.79 Å². The quantitative estimate of drug-likeness (QED) is 0.751. The standard InChI is InChI=1S/C17H28N2O/c1-12(2)18-10-6-7-17(20)19-15(5)16-9-8-13(3)11-14(16)4/h8-9,11-12,15,18H,6-7,10H2,1-5H3,(H,19,20). The van der Waals surface area contributed by atoms with E-state index in [1.807, 2.05) is 6.92 Å². The molecule has 0 radical (unpaired) electrons. The predicted molar refractivity (Wildman–Crippen MR) is 84.8 cm³/mol. The third kappa shape index (κ3) is 5.74. The monoisotopic (exact) mass is 276 g/mol. The fraction of sp³-hybridized carbons (Fsp3) is 0.588. The first-order chi connectivity index (χ1) is 9.40. The second-order valence-electron chi connectivity index (χ2n) is 5.86. The highest BCUT2D eigenvalue weighted by Crippen LogP contribution is 2.18. The van der Waals surface area contributed by atoms with Gasteiger partial charge in [-0.15, -0.1) is 0 Å². The molecule has 0 aliphatic rings. The van der Waals surface area contributed by atoms with Crippen molar-refractivity contribution in [2.75, 3.05) is 6.54 Å². The molecule has 1 atom stereocenters. The predicted octanol–water partition coefficient (Wildman–Crippen LogP) is 3.26. The average molecular weight is 276 g/mol. The Morgan fingerprint density at radius 3 is 2.50 bits per heavy atom.